The minimum Gasteiger partial charge on any atom is -0.484 e. The number of aliphatic hydroxyl groups excluding tert-OH is 1. The number of halogens is 4. The quantitative estimate of drug-likeness (QED) is 0.441. The molecule has 0 radical (unpaired) electrons. The highest BCUT2D eigenvalue weighted by Crippen LogP contribution is 2.47. The Morgan fingerprint density at radius 2 is 1.47 bits per heavy atom. The Balaban J connectivity index is 1.11. The van der Waals surface area contributed by atoms with Crippen LogP contribution in [0.1, 0.15) is 32.1 Å². The third-order valence-corrected chi connectivity index (χ3v) is 7.12. The average molecular weight is 540 g/mol. The molecule has 1 atom stereocenters. The number of amides is 2. The van der Waals surface area contributed by atoms with Gasteiger partial charge in [0.2, 0.25) is 0 Å². The molecule has 0 aromatic heterocycles. The van der Waals surface area contributed by atoms with Crippen molar-refractivity contribution in [1.29, 1.82) is 0 Å². The molecule has 38 heavy (non-hydrogen) atoms. The van der Waals surface area contributed by atoms with Gasteiger partial charge in [-0.1, -0.05) is 0 Å². The van der Waals surface area contributed by atoms with Gasteiger partial charge in [0, 0.05) is 17.7 Å². The van der Waals surface area contributed by atoms with Crippen LogP contribution in [0.5, 0.6) is 23.0 Å². The molecule has 3 aliphatic carbocycles. The standard InChI is InChI=1S/C25H24F4N2O7/c26-16-3-1-14(9-17(16)27)35-12-21(33)30-23-5-7-24(8-6-23,20(32)11-23)31-22(34)13-36-15-2-4-18-19(10-15)38-25(28,29)37-18/h1-4,9-10,20,32H,5-8,11-13H2,(H,30,33)(H,31,34). The topological polar surface area (TPSA) is 115 Å². The Morgan fingerprint density at radius 1 is 0.868 bits per heavy atom. The van der Waals surface area contributed by atoms with Crippen LogP contribution in [0, 0.1) is 11.6 Å². The fraction of sp³-hybridized carbons (Fsp3) is 0.440. The van der Waals surface area contributed by atoms with Crippen LogP contribution in [0.15, 0.2) is 36.4 Å². The molecule has 2 bridgehead atoms. The summed E-state index contributed by atoms with van der Waals surface area (Å²) in [6.45, 7) is -0.840. The minimum absolute atomic E-state index is 0.00603. The molecule has 0 saturated heterocycles. The van der Waals surface area contributed by atoms with Crippen molar-refractivity contribution in [1.82, 2.24) is 10.6 Å². The first kappa shape index (κ1) is 25.9. The lowest BCUT2D eigenvalue weighted by Crippen LogP contribution is -2.70. The van der Waals surface area contributed by atoms with Crippen LogP contribution in [0.25, 0.3) is 0 Å². The van der Waals surface area contributed by atoms with E-state index in [9.17, 15) is 32.3 Å². The van der Waals surface area contributed by atoms with E-state index in [1.807, 2.05) is 0 Å². The van der Waals surface area contributed by atoms with Crippen LogP contribution >= 0.6 is 0 Å². The Morgan fingerprint density at radius 3 is 2.13 bits per heavy atom. The Labute approximate surface area is 214 Å². The highest BCUT2D eigenvalue weighted by Gasteiger charge is 2.55. The summed E-state index contributed by atoms with van der Waals surface area (Å²) in [6.07, 6.45) is -2.76. The van der Waals surface area contributed by atoms with Gasteiger partial charge >= 0.3 is 6.29 Å². The predicted molar refractivity (Wildman–Crippen MR) is 121 cm³/mol. The second-order valence-corrected chi connectivity index (χ2v) is 9.68. The number of carbonyl (C=O) groups is 2. The number of carbonyl (C=O) groups excluding carboxylic acids is 2. The number of ether oxygens (including phenoxy) is 4. The molecule has 2 aromatic carbocycles. The van der Waals surface area contributed by atoms with Crippen molar-refractivity contribution < 1.29 is 51.2 Å². The lowest BCUT2D eigenvalue weighted by atomic mass is 9.60. The molecule has 3 N–H and O–H groups in total. The van der Waals surface area contributed by atoms with Crippen molar-refractivity contribution in [2.24, 2.45) is 0 Å². The zero-order valence-electron chi connectivity index (χ0n) is 19.9. The van der Waals surface area contributed by atoms with E-state index in [0.29, 0.717) is 25.7 Å². The highest BCUT2D eigenvalue weighted by atomic mass is 19.3. The Kier molecular flexibility index (Phi) is 6.49. The molecule has 1 unspecified atom stereocenters. The largest absolute Gasteiger partial charge is 0.586 e. The fourth-order valence-corrected chi connectivity index (χ4v) is 5.19. The molecule has 2 aromatic rings. The van der Waals surface area contributed by atoms with Crippen LogP contribution in [-0.2, 0) is 9.59 Å². The minimum atomic E-state index is -3.76. The Hall–Kier alpha value is -3.74. The molecular weight excluding hydrogens is 516 g/mol. The van der Waals surface area contributed by atoms with Crippen LogP contribution in [0.4, 0.5) is 17.6 Å². The lowest BCUT2D eigenvalue weighted by Gasteiger charge is -2.56. The first-order valence-electron chi connectivity index (χ1n) is 11.9. The molecule has 0 spiro atoms. The van der Waals surface area contributed by atoms with Crippen molar-refractivity contribution in [3.8, 4) is 23.0 Å². The van der Waals surface area contributed by atoms with Crippen molar-refractivity contribution in [2.45, 2.75) is 55.6 Å². The van der Waals surface area contributed by atoms with E-state index in [4.69, 9.17) is 9.47 Å². The third-order valence-electron chi connectivity index (χ3n) is 7.12. The zero-order valence-corrected chi connectivity index (χ0v) is 19.9. The maximum atomic E-state index is 13.3. The summed E-state index contributed by atoms with van der Waals surface area (Å²) in [4.78, 5) is 25.1. The third kappa shape index (κ3) is 5.28. The average Bonchev–Trinajstić information content (AvgIpc) is 3.17. The van der Waals surface area contributed by atoms with Crippen molar-refractivity contribution >= 4 is 11.8 Å². The number of aliphatic hydroxyl groups is 1. The zero-order chi connectivity index (χ0) is 27.1. The molecule has 2 amide bonds. The normalized spacial score (nSPS) is 26.5. The SMILES string of the molecule is O=C(COc1ccc(F)c(F)c1)NC12CCC(NC(=O)COc3ccc4c(c3)OC(F)(F)O4)(CC1)C(O)C2. The van der Waals surface area contributed by atoms with Gasteiger partial charge in [0.25, 0.3) is 11.8 Å². The van der Waals surface area contributed by atoms with E-state index >= 15 is 0 Å². The molecule has 9 nitrogen and oxygen atoms in total. The van der Waals surface area contributed by atoms with Gasteiger partial charge in [0.05, 0.1) is 11.6 Å². The Bertz CT molecular complexity index is 1250. The number of hydrogen-bond acceptors (Lipinski definition) is 7. The van der Waals surface area contributed by atoms with E-state index in [2.05, 4.69) is 20.1 Å². The summed E-state index contributed by atoms with van der Waals surface area (Å²) in [5.74, 6) is -3.33. The van der Waals surface area contributed by atoms with Crippen LogP contribution in [0.2, 0.25) is 0 Å². The molecule has 13 heteroatoms. The van der Waals surface area contributed by atoms with Gasteiger partial charge in [-0.25, -0.2) is 8.78 Å². The second kappa shape index (κ2) is 9.53. The van der Waals surface area contributed by atoms with E-state index < -0.39 is 60.1 Å². The first-order chi connectivity index (χ1) is 18.0. The van der Waals surface area contributed by atoms with Crippen LogP contribution < -0.4 is 29.6 Å². The smallest absolute Gasteiger partial charge is 0.484 e. The van der Waals surface area contributed by atoms with Crippen molar-refractivity contribution in [3.05, 3.63) is 48.0 Å². The fourth-order valence-electron chi connectivity index (χ4n) is 5.19. The molecular formula is C25H24F4N2O7. The number of nitrogens with one attached hydrogen (secondary N) is 2. The molecule has 204 valence electrons. The maximum Gasteiger partial charge on any atom is 0.586 e. The molecule has 1 heterocycles. The van der Waals surface area contributed by atoms with Crippen molar-refractivity contribution in [2.75, 3.05) is 13.2 Å². The van der Waals surface area contributed by atoms with Crippen LogP contribution in [0.3, 0.4) is 0 Å². The number of alkyl halides is 2. The molecule has 3 saturated carbocycles. The molecule has 1 aliphatic heterocycles. The van der Waals surface area contributed by atoms with E-state index in [-0.39, 0.29) is 29.4 Å². The van der Waals surface area contributed by atoms with Gasteiger partial charge in [-0.2, -0.15) is 0 Å². The number of fused-ring (bicyclic) bond motifs is 4. The predicted octanol–water partition coefficient (Wildman–Crippen LogP) is 2.79. The monoisotopic (exact) mass is 540 g/mol. The van der Waals surface area contributed by atoms with E-state index in [0.717, 1.165) is 12.1 Å². The molecule has 3 fully saturated rings. The number of benzene rings is 2. The number of rotatable bonds is 8. The summed E-state index contributed by atoms with van der Waals surface area (Å²) >= 11 is 0. The summed E-state index contributed by atoms with van der Waals surface area (Å²) in [5, 5.41) is 16.6. The highest BCUT2D eigenvalue weighted by molar-refractivity contribution is 5.79. The van der Waals surface area contributed by atoms with Gasteiger partial charge in [-0.3, -0.25) is 9.59 Å². The van der Waals surface area contributed by atoms with Gasteiger partial charge in [-0.05, 0) is 56.4 Å². The molecule has 4 aliphatic rings. The summed E-state index contributed by atoms with van der Waals surface area (Å²) in [6, 6.07) is 6.74. The van der Waals surface area contributed by atoms with Crippen LogP contribution in [-0.4, -0.2) is 53.6 Å². The summed E-state index contributed by atoms with van der Waals surface area (Å²) in [7, 11) is 0. The lowest BCUT2D eigenvalue weighted by molar-refractivity contribution is -0.286. The molecule has 6 rings (SSSR count). The van der Waals surface area contributed by atoms with E-state index in [1.165, 1.54) is 24.3 Å². The first-order valence-corrected chi connectivity index (χ1v) is 11.9. The summed E-state index contributed by atoms with van der Waals surface area (Å²) < 4.78 is 72.0. The van der Waals surface area contributed by atoms with Crippen molar-refractivity contribution in [3.63, 3.8) is 0 Å². The van der Waals surface area contributed by atoms with E-state index in [1.54, 1.807) is 0 Å². The maximum absolute atomic E-state index is 13.3. The number of hydrogen-bond donors (Lipinski definition) is 3. The van der Waals surface area contributed by atoms with Gasteiger partial charge in [0.15, 0.2) is 36.3 Å². The van der Waals surface area contributed by atoms with Gasteiger partial charge in [-0.15, -0.1) is 8.78 Å². The summed E-state index contributed by atoms with van der Waals surface area (Å²) in [5.41, 5.74) is -1.59. The second-order valence-electron chi connectivity index (χ2n) is 9.68. The van der Waals surface area contributed by atoms with Gasteiger partial charge < -0.3 is 34.7 Å². The van der Waals surface area contributed by atoms with Gasteiger partial charge in [0.1, 0.15) is 11.5 Å².